The van der Waals surface area contributed by atoms with E-state index in [1.807, 2.05) is 6.07 Å². The molecule has 1 saturated heterocycles. The Morgan fingerprint density at radius 2 is 2.00 bits per heavy atom. The Morgan fingerprint density at radius 3 is 2.63 bits per heavy atom. The van der Waals surface area contributed by atoms with E-state index in [-0.39, 0.29) is 5.82 Å². The summed E-state index contributed by atoms with van der Waals surface area (Å²) < 4.78 is 14.1. The van der Waals surface area contributed by atoms with Crippen molar-refractivity contribution in [3.63, 3.8) is 0 Å². The summed E-state index contributed by atoms with van der Waals surface area (Å²) in [4.78, 5) is 4.69. The van der Waals surface area contributed by atoms with E-state index < -0.39 is 0 Å². The van der Waals surface area contributed by atoms with Crippen LogP contribution in [-0.4, -0.2) is 43.5 Å². The Morgan fingerprint density at radius 1 is 1.32 bits per heavy atom. The molecule has 1 aliphatic rings. The molecule has 0 spiro atoms. The molecule has 106 valence electrons. The van der Waals surface area contributed by atoms with E-state index in [1.165, 1.54) is 32.0 Å². The average Bonchev–Trinajstić information content (AvgIpc) is 2.30. The Bertz CT molecular complexity index is 396. The highest BCUT2D eigenvalue weighted by Gasteiger charge is 2.18. The molecule has 1 aliphatic heterocycles. The third-order valence-electron chi connectivity index (χ3n) is 3.78. The normalized spacial score (nSPS) is 18.2. The molecular formula is C15H22BrFN2. The summed E-state index contributed by atoms with van der Waals surface area (Å²) in [5.41, 5.74) is 1.03. The maximum atomic E-state index is 13.3. The molecule has 1 fully saturated rings. The topological polar surface area (TPSA) is 6.48 Å². The van der Waals surface area contributed by atoms with Gasteiger partial charge in [-0.2, -0.15) is 0 Å². The molecule has 2 rings (SSSR count). The third kappa shape index (κ3) is 4.86. The number of piperidine rings is 1. The quantitative estimate of drug-likeness (QED) is 0.836. The lowest BCUT2D eigenvalue weighted by Crippen LogP contribution is -2.35. The molecule has 0 N–H and O–H groups in total. The molecule has 0 bridgehead atoms. The van der Waals surface area contributed by atoms with Crippen LogP contribution in [0.15, 0.2) is 22.7 Å². The van der Waals surface area contributed by atoms with Crippen molar-refractivity contribution < 1.29 is 4.39 Å². The van der Waals surface area contributed by atoms with Gasteiger partial charge in [0.05, 0.1) is 0 Å². The SMILES string of the molecule is CN1CCC(CN(C)Cc2cc(F)cc(Br)c2)CC1. The van der Waals surface area contributed by atoms with E-state index in [0.29, 0.717) is 0 Å². The van der Waals surface area contributed by atoms with Gasteiger partial charge >= 0.3 is 0 Å². The second kappa shape index (κ2) is 6.82. The first-order valence-corrected chi connectivity index (χ1v) is 7.64. The van der Waals surface area contributed by atoms with Crippen molar-refractivity contribution in [1.29, 1.82) is 0 Å². The van der Waals surface area contributed by atoms with E-state index in [0.717, 1.165) is 29.0 Å². The highest BCUT2D eigenvalue weighted by Crippen LogP contribution is 2.19. The first-order valence-electron chi connectivity index (χ1n) is 6.85. The van der Waals surface area contributed by atoms with Crippen molar-refractivity contribution in [3.05, 3.63) is 34.1 Å². The molecule has 0 radical (unpaired) electrons. The predicted molar refractivity (Wildman–Crippen MR) is 80.7 cm³/mol. The molecular weight excluding hydrogens is 307 g/mol. The fourth-order valence-electron chi connectivity index (χ4n) is 2.76. The summed E-state index contributed by atoms with van der Waals surface area (Å²) in [7, 11) is 4.31. The largest absolute Gasteiger partial charge is 0.306 e. The summed E-state index contributed by atoms with van der Waals surface area (Å²) in [5.74, 6) is 0.607. The Hall–Kier alpha value is -0.450. The monoisotopic (exact) mass is 328 g/mol. The van der Waals surface area contributed by atoms with E-state index in [2.05, 4.69) is 39.8 Å². The molecule has 4 heteroatoms. The number of benzene rings is 1. The number of hydrogen-bond acceptors (Lipinski definition) is 2. The minimum absolute atomic E-state index is 0.169. The minimum Gasteiger partial charge on any atom is -0.306 e. The first kappa shape index (κ1) is 14.9. The molecule has 0 atom stereocenters. The van der Waals surface area contributed by atoms with Crippen LogP contribution in [0.5, 0.6) is 0 Å². The van der Waals surface area contributed by atoms with Gasteiger partial charge in [-0.1, -0.05) is 15.9 Å². The summed E-state index contributed by atoms with van der Waals surface area (Å²) in [5, 5.41) is 0. The maximum Gasteiger partial charge on any atom is 0.124 e. The maximum absolute atomic E-state index is 13.3. The van der Waals surface area contributed by atoms with Gasteiger partial charge in [0, 0.05) is 17.6 Å². The van der Waals surface area contributed by atoms with Gasteiger partial charge < -0.3 is 9.80 Å². The number of hydrogen-bond donors (Lipinski definition) is 0. The van der Waals surface area contributed by atoms with Crippen LogP contribution >= 0.6 is 15.9 Å². The highest BCUT2D eigenvalue weighted by molar-refractivity contribution is 9.10. The lowest BCUT2D eigenvalue weighted by atomic mass is 9.96. The predicted octanol–water partition coefficient (Wildman–Crippen LogP) is 3.36. The molecule has 19 heavy (non-hydrogen) atoms. The van der Waals surface area contributed by atoms with Crippen molar-refractivity contribution in [2.45, 2.75) is 19.4 Å². The summed E-state index contributed by atoms with van der Waals surface area (Å²) in [6, 6.07) is 5.12. The van der Waals surface area contributed by atoms with Gasteiger partial charge in [0.25, 0.3) is 0 Å². The van der Waals surface area contributed by atoms with Crippen LogP contribution in [0.2, 0.25) is 0 Å². The van der Waals surface area contributed by atoms with E-state index in [1.54, 1.807) is 6.07 Å². The van der Waals surface area contributed by atoms with E-state index >= 15 is 0 Å². The molecule has 0 saturated carbocycles. The van der Waals surface area contributed by atoms with Gasteiger partial charge in [0.15, 0.2) is 0 Å². The van der Waals surface area contributed by atoms with Crippen molar-refractivity contribution in [1.82, 2.24) is 9.80 Å². The molecule has 0 amide bonds. The Labute approximate surface area is 123 Å². The summed E-state index contributed by atoms with van der Waals surface area (Å²) >= 11 is 3.34. The van der Waals surface area contributed by atoms with Gasteiger partial charge in [-0.3, -0.25) is 0 Å². The molecule has 0 aliphatic carbocycles. The van der Waals surface area contributed by atoms with E-state index in [4.69, 9.17) is 0 Å². The van der Waals surface area contributed by atoms with Crippen LogP contribution in [0.3, 0.4) is 0 Å². The van der Waals surface area contributed by atoms with Crippen LogP contribution in [0.25, 0.3) is 0 Å². The smallest absolute Gasteiger partial charge is 0.124 e. The van der Waals surface area contributed by atoms with Crippen molar-refractivity contribution in [2.75, 3.05) is 33.7 Å². The molecule has 2 nitrogen and oxygen atoms in total. The zero-order chi connectivity index (χ0) is 13.8. The lowest BCUT2D eigenvalue weighted by Gasteiger charge is -2.31. The van der Waals surface area contributed by atoms with Crippen LogP contribution < -0.4 is 0 Å². The minimum atomic E-state index is -0.169. The van der Waals surface area contributed by atoms with Crippen LogP contribution in [-0.2, 0) is 6.54 Å². The average molecular weight is 329 g/mol. The summed E-state index contributed by atoms with van der Waals surface area (Å²) in [6.07, 6.45) is 2.54. The van der Waals surface area contributed by atoms with Gasteiger partial charge in [0.2, 0.25) is 0 Å². The van der Waals surface area contributed by atoms with Gasteiger partial charge in [-0.25, -0.2) is 4.39 Å². The first-order chi connectivity index (χ1) is 9.02. The van der Waals surface area contributed by atoms with Gasteiger partial charge in [-0.05, 0) is 69.7 Å². The number of rotatable bonds is 4. The number of nitrogens with zero attached hydrogens (tertiary/aromatic N) is 2. The van der Waals surface area contributed by atoms with Crippen LogP contribution in [0.4, 0.5) is 4.39 Å². The highest BCUT2D eigenvalue weighted by atomic mass is 79.9. The zero-order valence-corrected chi connectivity index (χ0v) is 13.3. The Balaban J connectivity index is 1.85. The summed E-state index contributed by atoms with van der Waals surface area (Å²) in [6.45, 7) is 4.30. The second-order valence-corrected chi connectivity index (χ2v) is 6.64. The standard InChI is InChI=1S/C15H22BrFN2/c1-18-5-3-12(4-6-18)10-19(2)11-13-7-14(16)9-15(17)8-13/h7-9,12H,3-6,10-11H2,1-2H3. The zero-order valence-electron chi connectivity index (χ0n) is 11.7. The van der Waals surface area contributed by atoms with Crippen LogP contribution in [0, 0.1) is 11.7 Å². The fraction of sp³-hybridized carbons (Fsp3) is 0.600. The van der Waals surface area contributed by atoms with Gasteiger partial charge in [-0.15, -0.1) is 0 Å². The molecule has 1 aromatic rings. The molecule has 0 aromatic heterocycles. The fourth-order valence-corrected chi connectivity index (χ4v) is 3.28. The van der Waals surface area contributed by atoms with Crippen molar-refractivity contribution in [3.8, 4) is 0 Å². The second-order valence-electron chi connectivity index (χ2n) is 5.72. The lowest BCUT2D eigenvalue weighted by molar-refractivity contribution is 0.173. The molecule has 1 aromatic carbocycles. The molecule has 0 unspecified atom stereocenters. The number of likely N-dealkylation sites (tertiary alicyclic amines) is 1. The van der Waals surface area contributed by atoms with Crippen LogP contribution in [0.1, 0.15) is 18.4 Å². The molecule has 1 heterocycles. The van der Waals surface area contributed by atoms with E-state index in [9.17, 15) is 4.39 Å². The Kier molecular flexibility index (Phi) is 5.37. The van der Waals surface area contributed by atoms with Crippen molar-refractivity contribution >= 4 is 15.9 Å². The van der Waals surface area contributed by atoms with Crippen molar-refractivity contribution in [2.24, 2.45) is 5.92 Å². The number of halogens is 2. The van der Waals surface area contributed by atoms with Gasteiger partial charge in [0.1, 0.15) is 5.82 Å². The third-order valence-corrected chi connectivity index (χ3v) is 4.24.